The van der Waals surface area contributed by atoms with Gasteiger partial charge in [-0.25, -0.2) is 0 Å². The summed E-state index contributed by atoms with van der Waals surface area (Å²) < 4.78 is 68.8. The van der Waals surface area contributed by atoms with Crippen molar-refractivity contribution in [1.82, 2.24) is 0 Å². The Bertz CT molecular complexity index is 1330. The number of carbonyl (C=O) groups excluding carboxylic acids is 3. The molecule has 41 heavy (non-hydrogen) atoms. The molecular formula is C27H32O13S. The van der Waals surface area contributed by atoms with E-state index >= 15 is 0 Å². The summed E-state index contributed by atoms with van der Waals surface area (Å²) in [5.74, 6) is -2.09. The number of hydrogen-bond donors (Lipinski definition) is 0. The number of rotatable bonds is 12. The summed E-state index contributed by atoms with van der Waals surface area (Å²) in [5.41, 5.74) is 0.0678. The maximum absolute atomic E-state index is 12.9. The van der Waals surface area contributed by atoms with E-state index in [-0.39, 0.29) is 52.8 Å². The molecule has 1 aliphatic heterocycles. The van der Waals surface area contributed by atoms with Gasteiger partial charge in [-0.1, -0.05) is 26.0 Å². The second-order valence-electron chi connectivity index (χ2n) is 9.14. The molecule has 5 atom stereocenters. The summed E-state index contributed by atoms with van der Waals surface area (Å²) in [7, 11) is -2.14. The van der Waals surface area contributed by atoms with E-state index in [0.717, 1.165) is 0 Å². The lowest BCUT2D eigenvalue weighted by atomic mass is 9.84. The zero-order valence-corrected chi connectivity index (χ0v) is 24.2. The zero-order valence-electron chi connectivity index (χ0n) is 23.4. The van der Waals surface area contributed by atoms with Gasteiger partial charge in [0, 0.05) is 37.8 Å². The lowest BCUT2D eigenvalue weighted by Gasteiger charge is -2.43. The van der Waals surface area contributed by atoms with Crippen LogP contribution in [0.3, 0.4) is 0 Å². The Morgan fingerprint density at radius 3 is 2.05 bits per heavy atom. The molecule has 0 amide bonds. The van der Waals surface area contributed by atoms with Crippen molar-refractivity contribution in [3.63, 3.8) is 0 Å². The number of esters is 2. The van der Waals surface area contributed by atoms with Crippen LogP contribution in [0.15, 0.2) is 36.4 Å². The molecule has 13 nitrogen and oxygen atoms in total. The van der Waals surface area contributed by atoms with Crippen LogP contribution in [0.2, 0.25) is 0 Å². The molecule has 2 aromatic carbocycles. The van der Waals surface area contributed by atoms with Crippen molar-refractivity contribution in [2.45, 2.75) is 46.2 Å². The maximum atomic E-state index is 12.9. The molecule has 0 bridgehead atoms. The quantitative estimate of drug-likeness (QED) is 0.260. The second-order valence-corrected chi connectivity index (χ2v) is 10.3. The van der Waals surface area contributed by atoms with Crippen LogP contribution < -0.4 is 22.6 Å². The lowest BCUT2D eigenvalue weighted by molar-refractivity contribution is -0.248. The van der Waals surface area contributed by atoms with E-state index in [9.17, 15) is 22.8 Å². The highest BCUT2D eigenvalue weighted by Gasteiger charge is 2.45. The molecule has 1 unspecified atom stereocenters. The van der Waals surface area contributed by atoms with Crippen LogP contribution in [0.4, 0.5) is 0 Å². The predicted octanol–water partition coefficient (Wildman–Crippen LogP) is 3.09. The Kier molecular flexibility index (Phi) is 10.4. The lowest BCUT2D eigenvalue weighted by Crippen LogP contribution is -2.54. The summed E-state index contributed by atoms with van der Waals surface area (Å²) >= 11 is 0. The van der Waals surface area contributed by atoms with E-state index in [1.807, 2.05) is 6.92 Å². The van der Waals surface area contributed by atoms with E-state index in [1.54, 1.807) is 13.0 Å². The van der Waals surface area contributed by atoms with Crippen LogP contribution in [0, 0.1) is 11.8 Å². The molecule has 0 saturated carbocycles. The highest BCUT2D eigenvalue weighted by molar-refractivity contribution is 7.82. The van der Waals surface area contributed by atoms with Gasteiger partial charge in [-0.2, -0.15) is 0 Å². The number of methoxy groups -OCH3 is 2. The fraction of sp³-hybridized carbons (Fsp3) is 0.444. The van der Waals surface area contributed by atoms with Crippen LogP contribution in [0.25, 0.3) is 0 Å². The Balaban J connectivity index is 1.83. The monoisotopic (exact) mass is 596 g/mol. The molecule has 3 rings (SSSR count). The number of carbonyl (C=O) groups is 3. The van der Waals surface area contributed by atoms with E-state index < -0.39 is 40.8 Å². The Morgan fingerprint density at radius 2 is 1.51 bits per heavy atom. The standard InChI is InChI=1S/C27H32O13S/c1-15-16(2)27(38-25(14-35-17(3)29)26(15)36-18(4)30)37-21-9-7-8-10-22(21)40-41(31,32)39-19-11-23(33-5)20(13-28)24(12-19)34-6/h7-13,15-16,25-27H,14H2,1-6H3/t15-,16-,25-,26-,27?/m1/s1. The molecular weight excluding hydrogens is 564 g/mol. The third-order valence-electron chi connectivity index (χ3n) is 6.32. The Hall–Kier alpha value is -4.04. The normalized spacial score (nSPS) is 22.1. The average Bonchev–Trinajstić information content (AvgIpc) is 2.91. The molecule has 1 fully saturated rings. The number of aldehydes is 1. The Labute approximate surface area is 237 Å². The molecule has 0 aromatic heterocycles. The van der Waals surface area contributed by atoms with Gasteiger partial charge in [0.2, 0.25) is 6.29 Å². The molecule has 0 radical (unpaired) electrons. The van der Waals surface area contributed by atoms with Crippen molar-refractivity contribution in [2.75, 3.05) is 20.8 Å². The van der Waals surface area contributed by atoms with Gasteiger partial charge in [0.25, 0.3) is 0 Å². The van der Waals surface area contributed by atoms with Crippen LogP contribution in [0.5, 0.6) is 28.7 Å². The first-order valence-electron chi connectivity index (χ1n) is 12.5. The highest BCUT2D eigenvalue weighted by Crippen LogP contribution is 2.38. The van der Waals surface area contributed by atoms with Gasteiger partial charge in [-0.3, -0.25) is 14.4 Å². The summed E-state index contributed by atoms with van der Waals surface area (Å²) in [4.78, 5) is 34.5. The van der Waals surface area contributed by atoms with Crippen molar-refractivity contribution in [3.8, 4) is 28.7 Å². The molecule has 224 valence electrons. The van der Waals surface area contributed by atoms with E-state index in [0.29, 0.717) is 6.29 Å². The summed E-state index contributed by atoms with van der Waals surface area (Å²) in [6.07, 6.45) is -2.03. The van der Waals surface area contributed by atoms with Gasteiger partial charge >= 0.3 is 22.3 Å². The first-order chi connectivity index (χ1) is 19.4. The number of hydrogen-bond acceptors (Lipinski definition) is 13. The van der Waals surface area contributed by atoms with E-state index in [1.165, 1.54) is 58.4 Å². The summed E-state index contributed by atoms with van der Waals surface area (Å²) in [6, 6.07) is 8.32. The van der Waals surface area contributed by atoms with Crippen LogP contribution >= 0.6 is 0 Å². The average molecular weight is 597 g/mol. The predicted molar refractivity (Wildman–Crippen MR) is 141 cm³/mol. The fourth-order valence-electron chi connectivity index (χ4n) is 4.17. The largest absolute Gasteiger partial charge is 0.501 e. The molecule has 1 aliphatic rings. The van der Waals surface area contributed by atoms with Crippen LogP contribution in [-0.4, -0.2) is 66.0 Å². The van der Waals surface area contributed by atoms with Gasteiger partial charge in [0.1, 0.15) is 30.3 Å². The van der Waals surface area contributed by atoms with Gasteiger partial charge in [0.15, 0.2) is 23.5 Å². The molecule has 1 saturated heterocycles. The van der Waals surface area contributed by atoms with Crippen molar-refractivity contribution in [1.29, 1.82) is 0 Å². The number of ether oxygens (including phenoxy) is 6. The van der Waals surface area contributed by atoms with E-state index in [4.69, 9.17) is 36.8 Å². The maximum Gasteiger partial charge on any atom is 0.501 e. The second kappa shape index (κ2) is 13.5. The molecule has 0 aliphatic carbocycles. The minimum atomic E-state index is -4.73. The molecule has 0 N–H and O–H groups in total. The zero-order chi connectivity index (χ0) is 30.3. The third kappa shape index (κ3) is 8.01. The van der Waals surface area contributed by atoms with Gasteiger partial charge in [-0.05, 0) is 12.1 Å². The molecule has 2 aromatic rings. The smallest absolute Gasteiger partial charge is 0.496 e. The van der Waals surface area contributed by atoms with Crippen LogP contribution in [0.1, 0.15) is 38.1 Å². The first kappa shape index (κ1) is 31.5. The SMILES string of the molecule is COc1cc(OS(=O)(=O)Oc2ccccc2OC2O[C@H](COC(C)=O)[C@H](OC(C)=O)[C@H](C)[C@H]2C)cc(OC)c1C=O. The van der Waals surface area contributed by atoms with Gasteiger partial charge in [-0.15, -0.1) is 8.42 Å². The van der Waals surface area contributed by atoms with E-state index in [2.05, 4.69) is 0 Å². The fourth-order valence-corrected chi connectivity index (χ4v) is 4.89. The first-order valence-corrected chi connectivity index (χ1v) is 13.8. The Morgan fingerprint density at radius 1 is 0.902 bits per heavy atom. The molecule has 14 heteroatoms. The molecule has 0 spiro atoms. The van der Waals surface area contributed by atoms with Gasteiger partial charge in [0.05, 0.1) is 19.8 Å². The number of para-hydroxylation sites is 2. The molecule has 1 heterocycles. The number of benzene rings is 2. The topological polar surface area (TPSA) is 159 Å². The van der Waals surface area contributed by atoms with Crippen molar-refractivity contribution < 1.29 is 59.6 Å². The van der Waals surface area contributed by atoms with Crippen LogP contribution in [-0.2, 0) is 34.2 Å². The minimum Gasteiger partial charge on any atom is -0.496 e. The summed E-state index contributed by atoms with van der Waals surface area (Å²) in [5, 5.41) is 0. The third-order valence-corrected chi connectivity index (χ3v) is 7.10. The highest BCUT2D eigenvalue weighted by atomic mass is 32.3. The van der Waals surface area contributed by atoms with Crippen molar-refractivity contribution in [2.24, 2.45) is 11.8 Å². The minimum absolute atomic E-state index is 0.00682. The van der Waals surface area contributed by atoms with Gasteiger partial charge < -0.3 is 36.8 Å². The summed E-state index contributed by atoms with van der Waals surface area (Å²) in [6.45, 7) is 5.95. The van der Waals surface area contributed by atoms with Crippen molar-refractivity contribution >= 4 is 28.6 Å². The van der Waals surface area contributed by atoms with Crippen molar-refractivity contribution in [3.05, 3.63) is 42.0 Å².